The van der Waals surface area contributed by atoms with Crippen LogP contribution in [0.15, 0.2) is 30.3 Å². The maximum absolute atomic E-state index is 11.6. The van der Waals surface area contributed by atoms with Crippen molar-refractivity contribution >= 4 is 16.9 Å². The number of rotatable bonds is 2. The van der Waals surface area contributed by atoms with Gasteiger partial charge in [-0.05, 0) is 18.4 Å². The van der Waals surface area contributed by atoms with Crippen LogP contribution in [0.3, 0.4) is 0 Å². The van der Waals surface area contributed by atoms with Gasteiger partial charge in [0.15, 0.2) is 5.12 Å². The van der Waals surface area contributed by atoms with E-state index >= 15 is 0 Å². The summed E-state index contributed by atoms with van der Waals surface area (Å²) in [5, 5.41) is 0.887. The molecule has 2 atom stereocenters. The summed E-state index contributed by atoms with van der Waals surface area (Å²) >= 11 is 1.51. The van der Waals surface area contributed by atoms with E-state index in [-0.39, 0.29) is 5.92 Å². The van der Waals surface area contributed by atoms with Gasteiger partial charge in [0, 0.05) is 11.2 Å². The molecule has 1 heterocycles. The van der Waals surface area contributed by atoms with Crippen molar-refractivity contribution in [2.45, 2.75) is 25.0 Å². The molecule has 1 aliphatic heterocycles. The number of benzene rings is 1. The molecule has 0 aliphatic carbocycles. The van der Waals surface area contributed by atoms with Gasteiger partial charge in [-0.3, -0.25) is 4.79 Å². The quantitative estimate of drug-likeness (QED) is 0.740. The normalized spacial score (nSPS) is 26.8. The molecule has 2 rings (SSSR count). The fourth-order valence-corrected chi connectivity index (χ4v) is 3.00. The molecule has 1 aromatic rings. The Balaban J connectivity index is 2.02. The molecule has 74 valence electrons. The van der Waals surface area contributed by atoms with Crippen molar-refractivity contribution in [3.05, 3.63) is 35.9 Å². The van der Waals surface area contributed by atoms with Gasteiger partial charge in [0.2, 0.25) is 0 Å². The summed E-state index contributed by atoms with van der Waals surface area (Å²) < 4.78 is 0. The second-order valence-corrected chi connectivity index (χ2v) is 5.31. The van der Waals surface area contributed by atoms with E-state index in [9.17, 15) is 4.79 Å². The number of hydrogen-bond donors (Lipinski definition) is 0. The molecule has 1 nitrogen and oxygen atoms in total. The average molecular weight is 206 g/mol. The first-order valence-corrected chi connectivity index (χ1v) is 5.88. The Morgan fingerprint density at radius 1 is 1.36 bits per heavy atom. The molecular formula is C12H14OS. The van der Waals surface area contributed by atoms with E-state index in [1.807, 2.05) is 18.2 Å². The molecule has 0 radical (unpaired) electrons. The van der Waals surface area contributed by atoms with Crippen LogP contribution >= 0.6 is 11.8 Å². The molecule has 1 fully saturated rings. The van der Waals surface area contributed by atoms with E-state index in [0.29, 0.717) is 10.4 Å². The van der Waals surface area contributed by atoms with Crippen LogP contribution in [0.25, 0.3) is 0 Å². The Kier molecular flexibility index (Phi) is 2.92. The lowest BCUT2D eigenvalue weighted by atomic mass is 9.97. The summed E-state index contributed by atoms with van der Waals surface area (Å²) in [6.07, 6.45) is 1.95. The third-order valence-corrected chi connectivity index (χ3v) is 3.75. The number of thioether (sulfide) groups is 1. The minimum atomic E-state index is 0.248. The molecule has 0 unspecified atom stereocenters. The molecule has 1 aromatic carbocycles. The number of carbonyl (C=O) groups excluding carboxylic acids is 1. The third kappa shape index (κ3) is 2.18. The first-order chi connectivity index (χ1) is 6.75. The van der Waals surface area contributed by atoms with Gasteiger partial charge >= 0.3 is 0 Å². The van der Waals surface area contributed by atoms with Crippen molar-refractivity contribution in [1.82, 2.24) is 0 Å². The van der Waals surface area contributed by atoms with Crippen LogP contribution in [-0.4, -0.2) is 10.4 Å². The molecular weight excluding hydrogens is 192 g/mol. The van der Waals surface area contributed by atoms with Crippen molar-refractivity contribution in [3.8, 4) is 0 Å². The molecule has 0 aromatic heterocycles. The fourth-order valence-electron chi connectivity index (χ4n) is 1.90. The zero-order valence-electron chi connectivity index (χ0n) is 8.27. The Morgan fingerprint density at radius 3 is 2.64 bits per heavy atom. The van der Waals surface area contributed by atoms with Gasteiger partial charge in [0.1, 0.15) is 0 Å². The zero-order chi connectivity index (χ0) is 9.97. The molecule has 0 bridgehead atoms. The predicted molar refractivity (Wildman–Crippen MR) is 60.3 cm³/mol. The first-order valence-electron chi connectivity index (χ1n) is 5.00. The highest BCUT2D eigenvalue weighted by Gasteiger charge is 2.30. The van der Waals surface area contributed by atoms with E-state index < -0.39 is 0 Å². The minimum absolute atomic E-state index is 0.248. The second kappa shape index (κ2) is 4.18. The van der Waals surface area contributed by atoms with Gasteiger partial charge in [-0.15, -0.1) is 0 Å². The van der Waals surface area contributed by atoms with Crippen LogP contribution in [0.4, 0.5) is 0 Å². The van der Waals surface area contributed by atoms with Gasteiger partial charge in [0.25, 0.3) is 0 Å². The monoisotopic (exact) mass is 206 g/mol. The Morgan fingerprint density at radius 2 is 2.07 bits per heavy atom. The minimum Gasteiger partial charge on any atom is -0.287 e. The van der Waals surface area contributed by atoms with Gasteiger partial charge in [-0.1, -0.05) is 49.0 Å². The average Bonchev–Trinajstić information content (AvgIpc) is 2.47. The Hall–Kier alpha value is -0.760. The Labute approximate surface area is 88.9 Å². The van der Waals surface area contributed by atoms with Crippen molar-refractivity contribution in [1.29, 1.82) is 0 Å². The van der Waals surface area contributed by atoms with Gasteiger partial charge in [-0.25, -0.2) is 0 Å². The molecule has 0 saturated carbocycles. The molecule has 1 saturated heterocycles. The van der Waals surface area contributed by atoms with Crippen LogP contribution in [0.5, 0.6) is 0 Å². The topological polar surface area (TPSA) is 17.1 Å². The smallest absolute Gasteiger partial charge is 0.192 e. The largest absolute Gasteiger partial charge is 0.287 e. The van der Waals surface area contributed by atoms with E-state index in [1.54, 1.807) is 0 Å². The summed E-state index contributed by atoms with van der Waals surface area (Å²) in [6.45, 7) is 2.13. The van der Waals surface area contributed by atoms with Crippen molar-refractivity contribution < 1.29 is 4.79 Å². The molecule has 14 heavy (non-hydrogen) atoms. The van der Waals surface area contributed by atoms with E-state index in [0.717, 1.165) is 12.8 Å². The number of carbonyl (C=O) groups is 1. The molecule has 2 heteroatoms. The maximum Gasteiger partial charge on any atom is 0.192 e. The highest BCUT2D eigenvalue weighted by molar-refractivity contribution is 8.14. The van der Waals surface area contributed by atoms with E-state index in [4.69, 9.17) is 0 Å². The second-order valence-electron chi connectivity index (χ2n) is 3.87. The van der Waals surface area contributed by atoms with Crippen LogP contribution in [-0.2, 0) is 11.2 Å². The lowest BCUT2D eigenvalue weighted by Gasteiger charge is -2.06. The SMILES string of the molecule is C[C@@H]1C[C@H](Cc2ccccc2)C(=O)S1. The highest BCUT2D eigenvalue weighted by atomic mass is 32.2. The van der Waals surface area contributed by atoms with E-state index in [2.05, 4.69) is 19.1 Å². The Bertz CT molecular complexity index is 320. The third-order valence-electron chi connectivity index (χ3n) is 2.59. The predicted octanol–water partition coefficient (Wildman–Crippen LogP) is 2.90. The lowest BCUT2D eigenvalue weighted by molar-refractivity contribution is -0.113. The fraction of sp³-hybridized carbons (Fsp3) is 0.417. The van der Waals surface area contributed by atoms with Gasteiger partial charge in [-0.2, -0.15) is 0 Å². The summed E-state index contributed by atoms with van der Waals surface area (Å²) in [7, 11) is 0. The van der Waals surface area contributed by atoms with Crippen LogP contribution in [0.2, 0.25) is 0 Å². The summed E-state index contributed by atoms with van der Waals surface area (Å²) in [4.78, 5) is 11.6. The zero-order valence-corrected chi connectivity index (χ0v) is 9.09. The van der Waals surface area contributed by atoms with Crippen LogP contribution < -0.4 is 0 Å². The lowest BCUT2D eigenvalue weighted by Crippen LogP contribution is -2.08. The molecule has 0 N–H and O–H groups in total. The standard InChI is InChI=1S/C12H14OS/c1-9-7-11(12(13)14-9)8-10-5-3-2-4-6-10/h2-6,9,11H,7-8H2,1H3/t9-,11-/m1/s1. The summed E-state index contributed by atoms with van der Waals surface area (Å²) in [5.74, 6) is 0.248. The van der Waals surface area contributed by atoms with Crippen molar-refractivity contribution in [2.24, 2.45) is 5.92 Å². The van der Waals surface area contributed by atoms with Crippen LogP contribution in [0.1, 0.15) is 18.9 Å². The summed E-state index contributed by atoms with van der Waals surface area (Å²) in [5.41, 5.74) is 1.28. The van der Waals surface area contributed by atoms with Gasteiger partial charge in [0.05, 0.1) is 0 Å². The van der Waals surface area contributed by atoms with Crippen molar-refractivity contribution in [2.75, 3.05) is 0 Å². The molecule has 0 spiro atoms. The molecule has 1 aliphatic rings. The maximum atomic E-state index is 11.6. The molecule has 0 amide bonds. The number of hydrogen-bond acceptors (Lipinski definition) is 2. The van der Waals surface area contributed by atoms with E-state index in [1.165, 1.54) is 17.3 Å². The van der Waals surface area contributed by atoms with Gasteiger partial charge < -0.3 is 0 Å². The summed E-state index contributed by atoms with van der Waals surface area (Å²) in [6, 6.07) is 10.3. The van der Waals surface area contributed by atoms with Crippen LogP contribution in [0, 0.1) is 5.92 Å². The highest BCUT2D eigenvalue weighted by Crippen LogP contribution is 2.34. The first kappa shape index (κ1) is 9.78. The van der Waals surface area contributed by atoms with Crippen molar-refractivity contribution in [3.63, 3.8) is 0 Å².